The second kappa shape index (κ2) is 12.8. The number of hydrogen-bond donors (Lipinski definition) is 0. The predicted molar refractivity (Wildman–Crippen MR) is 167 cm³/mol. The Morgan fingerprint density at radius 2 is 1.04 bits per heavy atom. The van der Waals surface area contributed by atoms with Gasteiger partial charge in [-0.3, -0.25) is 0 Å². The lowest BCUT2D eigenvalue weighted by molar-refractivity contribution is 0.398. The van der Waals surface area contributed by atoms with E-state index in [0.717, 1.165) is 12.1 Å². The largest absolute Gasteiger partial charge is 0.424 e. The van der Waals surface area contributed by atoms with Gasteiger partial charge in [0.05, 0.1) is 34.1 Å². The molecule has 0 aliphatic rings. The van der Waals surface area contributed by atoms with Gasteiger partial charge in [0.15, 0.2) is 13.0 Å². The van der Waals surface area contributed by atoms with Crippen molar-refractivity contribution >= 4 is 23.1 Å². The molecule has 0 atom stereocenters. The minimum absolute atomic E-state index is 0.237. The summed E-state index contributed by atoms with van der Waals surface area (Å²) in [5, 5.41) is 18.1. The Kier molecular flexibility index (Phi) is 8.30. The van der Waals surface area contributed by atoms with Gasteiger partial charge in [0.1, 0.15) is 23.1 Å². The summed E-state index contributed by atoms with van der Waals surface area (Å²) < 4.78 is 59.0. The van der Waals surface area contributed by atoms with Gasteiger partial charge in [-0.2, -0.15) is 20.5 Å². The van der Waals surface area contributed by atoms with Crippen LogP contribution in [-0.2, 0) is 4.57 Å². The molecular formula is C35H20F2N5O3P. The number of halogens is 2. The van der Waals surface area contributed by atoms with Crippen molar-refractivity contribution in [1.29, 1.82) is 10.5 Å². The molecule has 11 heteroatoms. The summed E-state index contributed by atoms with van der Waals surface area (Å²) in [6, 6.07) is 34.1. The molecule has 8 nitrogen and oxygen atoms in total. The Labute approximate surface area is 262 Å². The maximum Gasteiger partial charge on any atom is 0.328 e. The third kappa shape index (κ3) is 5.94. The first-order valence-corrected chi connectivity index (χ1v) is 15.4. The highest BCUT2D eigenvalue weighted by Crippen LogP contribution is 2.45. The number of rotatable bonds is 8. The maximum absolute atomic E-state index is 16.7. The van der Waals surface area contributed by atoms with Crippen molar-refractivity contribution in [3.05, 3.63) is 144 Å². The number of nitriles is 2. The zero-order valence-electron chi connectivity index (χ0n) is 23.7. The molecule has 6 rings (SSSR count). The van der Waals surface area contributed by atoms with E-state index in [9.17, 15) is 4.57 Å². The molecule has 0 spiro atoms. The van der Waals surface area contributed by atoms with Crippen LogP contribution in [0.5, 0.6) is 23.5 Å². The van der Waals surface area contributed by atoms with Crippen LogP contribution in [0.15, 0.2) is 121 Å². The second-order valence-electron chi connectivity index (χ2n) is 9.74. The molecule has 0 bridgehead atoms. The molecule has 0 N–H and O–H groups in total. The number of hydrogen-bond acceptors (Lipinski definition) is 8. The lowest BCUT2D eigenvalue weighted by Gasteiger charge is -2.22. The fraction of sp³-hybridized carbons (Fsp3) is 0. The lowest BCUT2D eigenvalue weighted by atomic mass is 10.2. The van der Waals surface area contributed by atoms with Gasteiger partial charge < -0.3 is 14.0 Å². The van der Waals surface area contributed by atoms with Gasteiger partial charge >= 0.3 is 12.0 Å². The number of benzene rings is 5. The van der Waals surface area contributed by atoms with E-state index in [1.807, 2.05) is 12.1 Å². The van der Waals surface area contributed by atoms with Crippen LogP contribution in [0.1, 0.15) is 11.1 Å². The molecule has 0 unspecified atom stereocenters. The van der Waals surface area contributed by atoms with E-state index in [0.29, 0.717) is 11.1 Å². The third-order valence-corrected chi connectivity index (χ3v) is 9.93. The summed E-state index contributed by atoms with van der Waals surface area (Å²) in [7, 11) is -4.08. The molecule has 0 saturated carbocycles. The van der Waals surface area contributed by atoms with Crippen molar-refractivity contribution in [3.63, 3.8) is 0 Å². The fourth-order valence-corrected chi connectivity index (χ4v) is 7.41. The Morgan fingerprint density at radius 3 is 1.48 bits per heavy atom. The van der Waals surface area contributed by atoms with E-state index >= 15 is 8.78 Å². The molecule has 0 radical (unpaired) electrons. The molecule has 222 valence electrons. The molecule has 46 heavy (non-hydrogen) atoms. The molecule has 0 aliphatic carbocycles. The molecule has 1 heterocycles. The lowest BCUT2D eigenvalue weighted by Crippen LogP contribution is -2.29. The minimum Gasteiger partial charge on any atom is -0.424 e. The molecule has 6 aromatic rings. The van der Waals surface area contributed by atoms with Crippen LogP contribution in [0.25, 0.3) is 11.4 Å². The SMILES string of the molecule is N#Cc1ccc(Oc2nc(Oc3ccc(C#N)cc3)nc(-c3ccc(F)c(P(=O)(c4ccccc4)c4ccccc4)c3F)n2)cc1. The van der Waals surface area contributed by atoms with Gasteiger partial charge in [-0.15, -0.1) is 4.98 Å². The highest BCUT2D eigenvalue weighted by atomic mass is 31.2. The van der Waals surface area contributed by atoms with Crippen LogP contribution < -0.4 is 25.4 Å². The summed E-state index contributed by atoms with van der Waals surface area (Å²) in [4.78, 5) is 12.8. The van der Waals surface area contributed by atoms with Crippen LogP contribution >= 0.6 is 7.14 Å². The van der Waals surface area contributed by atoms with Gasteiger partial charge in [0, 0.05) is 10.6 Å². The van der Waals surface area contributed by atoms with E-state index in [-0.39, 0.29) is 45.5 Å². The molecule has 0 fully saturated rings. The summed E-state index contributed by atoms with van der Waals surface area (Å²) in [5.74, 6) is -1.89. The van der Waals surface area contributed by atoms with Crippen molar-refractivity contribution in [3.8, 4) is 47.0 Å². The monoisotopic (exact) mass is 627 g/mol. The predicted octanol–water partition coefficient (Wildman–Crippen LogP) is 6.78. The highest BCUT2D eigenvalue weighted by molar-refractivity contribution is 7.85. The first-order chi connectivity index (χ1) is 22.4. The average Bonchev–Trinajstić information content (AvgIpc) is 3.09. The number of ether oxygens (including phenoxy) is 2. The molecule has 0 amide bonds. The first kappa shape index (κ1) is 29.8. The summed E-state index contributed by atoms with van der Waals surface area (Å²) in [6.07, 6.45) is 0. The van der Waals surface area contributed by atoms with Crippen LogP contribution in [0.4, 0.5) is 8.78 Å². The number of aromatic nitrogens is 3. The van der Waals surface area contributed by atoms with E-state index in [4.69, 9.17) is 20.0 Å². The van der Waals surface area contributed by atoms with Crippen molar-refractivity contribution in [2.75, 3.05) is 0 Å². The van der Waals surface area contributed by atoms with E-state index in [2.05, 4.69) is 15.0 Å². The van der Waals surface area contributed by atoms with Gasteiger partial charge in [0.25, 0.3) is 0 Å². The van der Waals surface area contributed by atoms with Crippen molar-refractivity contribution in [2.45, 2.75) is 0 Å². The molecule has 5 aromatic carbocycles. The van der Waals surface area contributed by atoms with Crippen molar-refractivity contribution in [2.24, 2.45) is 0 Å². The Hall–Kier alpha value is -6.22. The average molecular weight is 628 g/mol. The second-order valence-corrected chi connectivity index (χ2v) is 12.4. The molecule has 0 saturated heterocycles. The Morgan fingerprint density at radius 1 is 0.587 bits per heavy atom. The normalized spacial score (nSPS) is 10.9. The Balaban J connectivity index is 1.51. The van der Waals surface area contributed by atoms with Crippen LogP contribution in [-0.4, -0.2) is 15.0 Å². The zero-order chi connectivity index (χ0) is 32.1. The topological polar surface area (TPSA) is 122 Å². The van der Waals surface area contributed by atoms with E-state index < -0.39 is 24.1 Å². The third-order valence-electron chi connectivity index (χ3n) is 6.84. The number of nitrogens with zero attached hydrogens (tertiary/aromatic N) is 5. The van der Waals surface area contributed by atoms with Gasteiger partial charge in [-0.05, 0) is 60.7 Å². The minimum atomic E-state index is -4.08. The first-order valence-electron chi connectivity index (χ1n) is 13.7. The summed E-state index contributed by atoms with van der Waals surface area (Å²) in [5.41, 5.74) is 0.520. The zero-order valence-corrected chi connectivity index (χ0v) is 24.6. The van der Waals surface area contributed by atoms with Gasteiger partial charge in [-0.1, -0.05) is 60.7 Å². The van der Waals surface area contributed by atoms with Crippen LogP contribution in [0, 0.1) is 34.3 Å². The summed E-state index contributed by atoms with van der Waals surface area (Å²) >= 11 is 0. The van der Waals surface area contributed by atoms with E-state index in [1.54, 1.807) is 60.7 Å². The molecule has 1 aromatic heterocycles. The van der Waals surface area contributed by atoms with E-state index in [1.165, 1.54) is 48.5 Å². The molecule has 0 aliphatic heterocycles. The standard InChI is InChI=1S/C35H20F2N5O3P/c36-30-20-19-29(31(37)32(30)46(43,27-7-3-1-4-8-27)28-9-5-2-6-10-28)33-40-34(44-25-15-11-23(21-38)12-16-25)42-35(41-33)45-26-17-13-24(22-39)14-18-26/h1-20H. The van der Waals surface area contributed by atoms with Crippen molar-refractivity contribution < 1.29 is 22.8 Å². The Bertz CT molecular complexity index is 2050. The van der Waals surface area contributed by atoms with Crippen molar-refractivity contribution in [1.82, 2.24) is 15.0 Å². The summed E-state index contributed by atoms with van der Waals surface area (Å²) in [6.45, 7) is 0. The highest BCUT2D eigenvalue weighted by Gasteiger charge is 2.37. The fourth-order valence-electron chi connectivity index (χ4n) is 4.64. The quantitative estimate of drug-likeness (QED) is 0.169. The van der Waals surface area contributed by atoms with Gasteiger partial charge in [-0.25, -0.2) is 8.78 Å². The molecular weight excluding hydrogens is 607 g/mol. The van der Waals surface area contributed by atoms with Crippen LogP contribution in [0.3, 0.4) is 0 Å². The maximum atomic E-state index is 16.7. The van der Waals surface area contributed by atoms with Crippen LogP contribution in [0.2, 0.25) is 0 Å². The van der Waals surface area contributed by atoms with Gasteiger partial charge in [0.2, 0.25) is 0 Å². The smallest absolute Gasteiger partial charge is 0.328 e.